The Morgan fingerprint density at radius 2 is 1.94 bits per heavy atom. The summed E-state index contributed by atoms with van der Waals surface area (Å²) in [7, 11) is 0. The van der Waals surface area contributed by atoms with Crippen molar-refractivity contribution >= 4 is 23.4 Å². The van der Waals surface area contributed by atoms with Gasteiger partial charge in [0, 0.05) is 12.0 Å². The number of halogens is 1. The van der Waals surface area contributed by atoms with E-state index in [0.717, 1.165) is 35.0 Å². The Kier molecular flexibility index (Phi) is 6.14. The normalized spacial score (nSPS) is 10.8. The van der Waals surface area contributed by atoms with Crippen LogP contribution in [0.3, 0.4) is 0 Å². The van der Waals surface area contributed by atoms with Crippen LogP contribution in [0.2, 0.25) is 5.15 Å². The monoisotopic (exact) mass is 258 g/mol. The van der Waals surface area contributed by atoms with Crippen LogP contribution in [0.1, 0.15) is 44.5 Å². The number of aromatic nitrogens is 2. The Balaban J connectivity index is 2.79. The summed E-state index contributed by atoms with van der Waals surface area (Å²) >= 11 is 7.89. The second-order valence-electron chi connectivity index (χ2n) is 3.81. The van der Waals surface area contributed by atoms with E-state index in [9.17, 15) is 0 Å². The van der Waals surface area contributed by atoms with Crippen molar-refractivity contribution in [1.82, 2.24) is 9.97 Å². The fraction of sp³-hybridized carbons (Fsp3) is 0.667. The van der Waals surface area contributed by atoms with Crippen LogP contribution in [-0.4, -0.2) is 15.7 Å². The van der Waals surface area contributed by atoms with Crippen LogP contribution in [0.25, 0.3) is 0 Å². The maximum absolute atomic E-state index is 6.10. The van der Waals surface area contributed by atoms with Crippen molar-refractivity contribution in [3.63, 3.8) is 0 Å². The lowest BCUT2D eigenvalue weighted by atomic mass is 10.3. The summed E-state index contributed by atoms with van der Waals surface area (Å²) in [6, 6.07) is 0. The molecule has 90 valence electrons. The highest BCUT2D eigenvalue weighted by Crippen LogP contribution is 2.25. The highest BCUT2D eigenvalue weighted by atomic mass is 35.5. The van der Waals surface area contributed by atoms with Gasteiger partial charge in [-0.25, -0.2) is 9.97 Å². The molecule has 0 radical (unpaired) electrons. The molecule has 0 fully saturated rings. The lowest BCUT2D eigenvalue weighted by molar-refractivity contribution is 0.800. The van der Waals surface area contributed by atoms with Gasteiger partial charge >= 0.3 is 0 Å². The Labute approximate surface area is 107 Å². The van der Waals surface area contributed by atoms with E-state index in [4.69, 9.17) is 11.6 Å². The van der Waals surface area contributed by atoms with Gasteiger partial charge in [-0.15, -0.1) is 11.8 Å². The summed E-state index contributed by atoms with van der Waals surface area (Å²) < 4.78 is 0. The van der Waals surface area contributed by atoms with Crippen LogP contribution in [0.5, 0.6) is 0 Å². The zero-order valence-corrected chi connectivity index (χ0v) is 11.8. The first-order chi connectivity index (χ1) is 7.69. The first-order valence-corrected chi connectivity index (χ1v) is 7.21. The van der Waals surface area contributed by atoms with Crippen LogP contribution in [0.4, 0.5) is 0 Å². The van der Waals surface area contributed by atoms with E-state index in [1.54, 1.807) is 11.8 Å². The van der Waals surface area contributed by atoms with Crippen molar-refractivity contribution in [1.29, 1.82) is 0 Å². The smallest absolute Gasteiger partial charge is 0.136 e. The summed E-state index contributed by atoms with van der Waals surface area (Å²) in [5, 5.41) is 1.66. The summed E-state index contributed by atoms with van der Waals surface area (Å²) in [4.78, 5) is 8.85. The van der Waals surface area contributed by atoms with E-state index in [-0.39, 0.29) is 0 Å². The summed E-state index contributed by atoms with van der Waals surface area (Å²) in [5.74, 6) is 1.98. The molecule has 1 aromatic rings. The van der Waals surface area contributed by atoms with Gasteiger partial charge in [-0.2, -0.15) is 0 Å². The minimum Gasteiger partial charge on any atom is -0.226 e. The fourth-order valence-corrected chi connectivity index (χ4v) is 2.65. The molecule has 4 heteroatoms. The third kappa shape index (κ3) is 3.95. The van der Waals surface area contributed by atoms with Crippen molar-refractivity contribution in [2.45, 2.75) is 51.5 Å². The molecule has 0 spiro atoms. The summed E-state index contributed by atoms with van der Waals surface area (Å²) in [6.07, 6.45) is 4.39. The molecule has 0 aliphatic carbocycles. The quantitative estimate of drug-likeness (QED) is 0.433. The molecule has 0 aromatic carbocycles. The van der Waals surface area contributed by atoms with Crippen molar-refractivity contribution in [3.8, 4) is 0 Å². The molecule has 0 saturated carbocycles. The minimum atomic E-state index is 0.609. The number of unbranched alkanes of at least 4 members (excludes halogenated alkanes) is 1. The summed E-state index contributed by atoms with van der Waals surface area (Å²) in [5.41, 5.74) is 1.02. The first-order valence-electron chi connectivity index (χ1n) is 5.84. The number of nitrogens with zero attached hydrogens (tertiary/aromatic N) is 2. The van der Waals surface area contributed by atoms with Gasteiger partial charge in [-0.1, -0.05) is 31.9 Å². The lowest BCUT2D eigenvalue weighted by Crippen LogP contribution is -2.00. The number of hydrogen-bond donors (Lipinski definition) is 0. The standard InChI is InChI=1S/C12H19ClN2S/c1-4-6-8-16-12-9(3)11(13)14-10(15-12)7-5-2/h4-8H2,1-3H3. The molecule has 0 N–H and O–H groups in total. The predicted molar refractivity (Wildman–Crippen MR) is 71.4 cm³/mol. The highest BCUT2D eigenvalue weighted by molar-refractivity contribution is 7.99. The van der Waals surface area contributed by atoms with Gasteiger partial charge in [0.2, 0.25) is 0 Å². The van der Waals surface area contributed by atoms with Gasteiger partial charge in [-0.05, 0) is 25.5 Å². The van der Waals surface area contributed by atoms with E-state index in [0.29, 0.717) is 5.15 Å². The maximum Gasteiger partial charge on any atom is 0.136 e. The molecule has 1 rings (SSSR count). The first kappa shape index (κ1) is 13.8. The van der Waals surface area contributed by atoms with Crippen LogP contribution in [0.15, 0.2) is 5.03 Å². The summed E-state index contributed by atoms with van der Waals surface area (Å²) in [6.45, 7) is 6.32. The molecule has 16 heavy (non-hydrogen) atoms. The van der Waals surface area contributed by atoms with Crippen molar-refractivity contribution in [2.75, 3.05) is 5.75 Å². The zero-order chi connectivity index (χ0) is 12.0. The topological polar surface area (TPSA) is 25.8 Å². The average molecular weight is 259 g/mol. The van der Waals surface area contributed by atoms with Gasteiger partial charge in [0.25, 0.3) is 0 Å². The van der Waals surface area contributed by atoms with E-state index in [2.05, 4.69) is 23.8 Å². The molecule has 1 heterocycles. The van der Waals surface area contributed by atoms with E-state index < -0.39 is 0 Å². The Bertz CT molecular complexity index is 342. The second kappa shape index (κ2) is 7.13. The van der Waals surface area contributed by atoms with Gasteiger partial charge in [0.05, 0.1) is 0 Å². The Morgan fingerprint density at radius 3 is 2.56 bits per heavy atom. The van der Waals surface area contributed by atoms with Gasteiger partial charge in [0.1, 0.15) is 16.0 Å². The maximum atomic E-state index is 6.10. The molecule has 0 atom stereocenters. The third-order valence-corrected chi connectivity index (χ3v) is 3.83. The van der Waals surface area contributed by atoms with Crippen molar-refractivity contribution < 1.29 is 0 Å². The predicted octanol–water partition coefficient (Wildman–Crippen LogP) is 4.28. The molecule has 0 amide bonds. The van der Waals surface area contributed by atoms with E-state index >= 15 is 0 Å². The van der Waals surface area contributed by atoms with E-state index in [1.165, 1.54) is 12.8 Å². The Hall–Kier alpha value is -0.280. The van der Waals surface area contributed by atoms with Crippen LogP contribution >= 0.6 is 23.4 Å². The second-order valence-corrected chi connectivity index (χ2v) is 5.25. The number of hydrogen-bond acceptors (Lipinski definition) is 3. The fourth-order valence-electron chi connectivity index (χ4n) is 1.30. The third-order valence-electron chi connectivity index (χ3n) is 2.30. The number of thioether (sulfide) groups is 1. The van der Waals surface area contributed by atoms with Crippen molar-refractivity contribution in [2.24, 2.45) is 0 Å². The average Bonchev–Trinajstić information content (AvgIpc) is 2.25. The molecule has 0 aliphatic rings. The van der Waals surface area contributed by atoms with Gasteiger partial charge < -0.3 is 0 Å². The minimum absolute atomic E-state index is 0.609. The largest absolute Gasteiger partial charge is 0.226 e. The van der Waals surface area contributed by atoms with Crippen LogP contribution in [0, 0.1) is 6.92 Å². The van der Waals surface area contributed by atoms with Gasteiger partial charge in [-0.3, -0.25) is 0 Å². The molecular weight excluding hydrogens is 240 g/mol. The molecule has 2 nitrogen and oxygen atoms in total. The molecule has 0 bridgehead atoms. The van der Waals surface area contributed by atoms with Crippen molar-refractivity contribution in [3.05, 3.63) is 16.5 Å². The number of rotatable bonds is 6. The number of aryl methyl sites for hydroxylation is 1. The Morgan fingerprint density at radius 1 is 1.19 bits per heavy atom. The molecule has 0 aliphatic heterocycles. The molecule has 0 saturated heterocycles. The zero-order valence-electron chi connectivity index (χ0n) is 10.2. The SMILES string of the molecule is CCCCSc1nc(CCC)nc(Cl)c1C. The lowest BCUT2D eigenvalue weighted by Gasteiger charge is -2.08. The van der Waals surface area contributed by atoms with E-state index in [1.807, 2.05) is 6.92 Å². The van der Waals surface area contributed by atoms with Crippen LogP contribution in [-0.2, 0) is 6.42 Å². The molecular formula is C12H19ClN2S. The highest BCUT2D eigenvalue weighted by Gasteiger charge is 2.09. The molecule has 1 aromatic heterocycles. The van der Waals surface area contributed by atoms with Crippen LogP contribution < -0.4 is 0 Å². The molecule has 0 unspecified atom stereocenters. The van der Waals surface area contributed by atoms with Gasteiger partial charge in [0.15, 0.2) is 0 Å².